The maximum absolute atomic E-state index is 13.3. The van der Waals surface area contributed by atoms with E-state index >= 15 is 0 Å². The minimum atomic E-state index is -4.04. The Morgan fingerprint density at radius 1 is 1.52 bits per heavy atom. The number of carbonyl (C=O) groups is 1. The molecule has 3 N–H and O–H groups in total. The lowest BCUT2D eigenvalue weighted by Gasteiger charge is -2.14. The molecule has 1 atom stereocenters. The summed E-state index contributed by atoms with van der Waals surface area (Å²) in [4.78, 5) is 11.1. The number of hydrogen-bond acceptors (Lipinski definition) is 5. The Kier molecular flexibility index (Phi) is 4.60. The number of carbonyl (C=O) groups excluding carboxylic acids is 1. The normalized spacial score (nSPS) is 16.5. The summed E-state index contributed by atoms with van der Waals surface area (Å²) in [6, 6.07) is 2.59. The molecule has 116 valence electrons. The maximum atomic E-state index is 13.3. The predicted octanol–water partition coefficient (Wildman–Crippen LogP) is 0.628. The molecule has 8 heteroatoms. The second-order valence-corrected chi connectivity index (χ2v) is 6.72. The number of methoxy groups -OCH3 is 1. The Morgan fingerprint density at radius 3 is 2.76 bits per heavy atom. The molecule has 0 spiro atoms. The quantitative estimate of drug-likeness (QED) is 0.750. The number of ether oxygens (including phenoxy) is 1. The van der Waals surface area contributed by atoms with Crippen LogP contribution in [0.5, 0.6) is 0 Å². The third kappa shape index (κ3) is 3.78. The smallest absolute Gasteiger partial charge is 0.339 e. The Balaban J connectivity index is 2.25. The molecule has 21 heavy (non-hydrogen) atoms. The molecule has 1 aliphatic carbocycles. The van der Waals surface area contributed by atoms with Crippen molar-refractivity contribution in [1.82, 2.24) is 4.72 Å². The van der Waals surface area contributed by atoms with E-state index < -0.39 is 26.7 Å². The van der Waals surface area contributed by atoms with Gasteiger partial charge in [-0.05, 0) is 37.0 Å². The summed E-state index contributed by atoms with van der Waals surface area (Å²) >= 11 is 0. The average molecular weight is 316 g/mol. The molecule has 0 aliphatic heterocycles. The molecular weight excluding hydrogens is 299 g/mol. The molecule has 6 nitrogen and oxygen atoms in total. The fourth-order valence-corrected chi connectivity index (χ4v) is 3.25. The van der Waals surface area contributed by atoms with E-state index in [1.54, 1.807) is 0 Å². The van der Waals surface area contributed by atoms with Crippen LogP contribution in [0.1, 0.15) is 23.2 Å². The van der Waals surface area contributed by atoms with Crippen molar-refractivity contribution < 1.29 is 22.3 Å². The van der Waals surface area contributed by atoms with Crippen LogP contribution < -0.4 is 10.5 Å². The summed E-state index contributed by atoms with van der Waals surface area (Å²) in [6.07, 6.45) is 1.96. The average Bonchev–Trinajstić information content (AvgIpc) is 3.28. The van der Waals surface area contributed by atoms with Crippen molar-refractivity contribution >= 4 is 16.0 Å². The number of nitrogens with two attached hydrogens (primary N) is 1. The Bertz CT molecular complexity index is 644. The van der Waals surface area contributed by atoms with Crippen LogP contribution in [0.3, 0.4) is 0 Å². The second-order valence-electron chi connectivity index (χ2n) is 4.99. The molecule has 0 radical (unpaired) electrons. The zero-order chi connectivity index (χ0) is 15.6. The number of esters is 1. The Labute approximate surface area is 122 Å². The summed E-state index contributed by atoms with van der Waals surface area (Å²) in [5, 5.41) is 0. The zero-order valence-electron chi connectivity index (χ0n) is 11.5. The van der Waals surface area contributed by atoms with Crippen LogP contribution in [0.4, 0.5) is 4.39 Å². The fraction of sp³-hybridized carbons (Fsp3) is 0.462. The zero-order valence-corrected chi connectivity index (χ0v) is 12.3. The van der Waals surface area contributed by atoms with E-state index in [0.29, 0.717) is 5.92 Å². The van der Waals surface area contributed by atoms with Crippen molar-refractivity contribution in [2.24, 2.45) is 11.7 Å². The van der Waals surface area contributed by atoms with Crippen LogP contribution in [-0.4, -0.2) is 34.1 Å². The molecule has 0 aromatic heterocycles. The first-order valence-corrected chi connectivity index (χ1v) is 7.96. The van der Waals surface area contributed by atoms with Gasteiger partial charge in [-0.1, -0.05) is 0 Å². The molecule has 1 fully saturated rings. The van der Waals surface area contributed by atoms with Gasteiger partial charge in [0.25, 0.3) is 0 Å². The van der Waals surface area contributed by atoms with Gasteiger partial charge in [0.05, 0.1) is 17.6 Å². The molecule has 0 heterocycles. The molecule has 1 unspecified atom stereocenters. The fourth-order valence-electron chi connectivity index (χ4n) is 1.97. The molecule has 1 aliphatic rings. The van der Waals surface area contributed by atoms with Gasteiger partial charge in [-0.15, -0.1) is 0 Å². The van der Waals surface area contributed by atoms with Gasteiger partial charge in [-0.3, -0.25) is 0 Å². The number of hydrogen-bond donors (Lipinski definition) is 2. The van der Waals surface area contributed by atoms with Crippen molar-refractivity contribution in [2.45, 2.75) is 23.8 Å². The van der Waals surface area contributed by atoms with Gasteiger partial charge in [-0.2, -0.15) is 0 Å². The van der Waals surface area contributed by atoms with E-state index in [2.05, 4.69) is 9.46 Å². The van der Waals surface area contributed by atoms with Gasteiger partial charge >= 0.3 is 5.97 Å². The standard InChI is InChI=1S/C13H17FN2O4S/c1-20-13(17)10-5-4-9(14)6-12(10)21(18,19)16-7-11(15)8-2-3-8/h4-6,8,11,16H,2-3,7,15H2,1H3. The number of nitrogens with one attached hydrogen (secondary N) is 1. The molecule has 1 saturated carbocycles. The maximum Gasteiger partial charge on any atom is 0.339 e. The molecule has 1 aromatic carbocycles. The number of benzene rings is 1. The first-order chi connectivity index (χ1) is 9.85. The van der Waals surface area contributed by atoms with Crippen molar-refractivity contribution in [3.8, 4) is 0 Å². The summed E-state index contributed by atoms with van der Waals surface area (Å²) in [5.74, 6) is -1.28. The van der Waals surface area contributed by atoms with Gasteiger partial charge in [0, 0.05) is 12.6 Å². The summed E-state index contributed by atoms with van der Waals surface area (Å²) < 4.78 is 44.6. The highest BCUT2D eigenvalue weighted by Crippen LogP contribution is 2.31. The second kappa shape index (κ2) is 6.08. The lowest BCUT2D eigenvalue weighted by Crippen LogP contribution is -2.39. The Morgan fingerprint density at radius 2 is 2.19 bits per heavy atom. The SMILES string of the molecule is COC(=O)c1ccc(F)cc1S(=O)(=O)NCC(N)C1CC1. The van der Waals surface area contributed by atoms with Crippen molar-refractivity contribution in [1.29, 1.82) is 0 Å². The Hall–Kier alpha value is -1.51. The molecule has 0 bridgehead atoms. The highest BCUT2D eigenvalue weighted by atomic mass is 32.2. The van der Waals surface area contributed by atoms with Crippen LogP contribution in [0.25, 0.3) is 0 Å². The minimum absolute atomic E-state index is 0.0458. The lowest BCUT2D eigenvalue weighted by atomic mass is 10.2. The number of halogens is 1. The molecular formula is C13H17FN2O4S. The highest BCUT2D eigenvalue weighted by molar-refractivity contribution is 7.89. The number of sulfonamides is 1. The van der Waals surface area contributed by atoms with Crippen LogP contribution in [-0.2, 0) is 14.8 Å². The van der Waals surface area contributed by atoms with Crippen LogP contribution >= 0.6 is 0 Å². The van der Waals surface area contributed by atoms with E-state index in [1.807, 2.05) is 0 Å². The topological polar surface area (TPSA) is 98.5 Å². The summed E-state index contributed by atoms with van der Waals surface area (Å²) in [5.41, 5.74) is 5.61. The monoisotopic (exact) mass is 316 g/mol. The van der Waals surface area contributed by atoms with Gasteiger partial charge < -0.3 is 10.5 Å². The van der Waals surface area contributed by atoms with Gasteiger partial charge in [0.2, 0.25) is 10.0 Å². The lowest BCUT2D eigenvalue weighted by molar-refractivity contribution is 0.0596. The third-order valence-electron chi connectivity index (χ3n) is 3.38. The van der Waals surface area contributed by atoms with Crippen LogP contribution in [0.15, 0.2) is 23.1 Å². The van der Waals surface area contributed by atoms with Crippen molar-refractivity contribution in [2.75, 3.05) is 13.7 Å². The van der Waals surface area contributed by atoms with Gasteiger partial charge in [0.1, 0.15) is 5.82 Å². The molecule has 0 saturated heterocycles. The van der Waals surface area contributed by atoms with E-state index in [9.17, 15) is 17.6 Å². The van der Waals surface area contributed by atoms with Crippen LogP contribution in [0, 0.1) is 11.7 Å². The van der Waals surface area contributed by atoms with Crippen molar-refractivity contribution in [3.63, 3.8) is 0 Å². The van der Waals surface area contributed by atoms with Crippen LogP contribution in [0.2, 0.25) is 0 Å². The van der Waals surface area contributed by atoms with E-state index in [4.69, 9.17) is 5.73 Å². The first-order valence-electron chi connectivity index (χ1n) is 6.48. The first kappa shape index (κ1) is 15.9. The molecule has 2 rings (SSSR count). The minimum Gasteiger partial charge on any atom is -0.465 e. The van der Waals surface area contributed by atoms with E-state index in [1.165, 1.54) is 0 Å². The molecule has 1 aromatic rings. The molecule has 0 amide bonds. The largest absolute Gasteiger partial charge is 0.465 e. The highest BCUT2D eigenvalue weighted by Gasteiger charge is 2.30. The van der Waals surface area contributed by atoms with E-state index in [-0.39, 0.29) is 18.2 Å². The van der Waals surface area contributed by atoms with Crippen molar-refractivity contribution in [3.05, 3.63) is 29.6 Å². The van der Waals surface area contributed by atoms with E-state index in [0.717, 1.165) is 38.2 Å². The number of rotatable bonds is 6. The van der Waals surface area contributed by atoms with Gasteiger partial charge in [-0.25, -0.2) is 22.3 Å². The predicted molar refractivity (Wildman–Crippen MR) is 73.6 cm³/mol. The summed E-state index contributed by atoms with van der Waals surface area (Å²) in [7, 11) is -2.92. The third-order valence-corrected chi connectivity index (χ3v) is 4.84. The summed E-state index contributed by atoms with van der Waals surface area (Å²) in [6.45, 7) is 0.0458. The van der Waals surface area contributed by atoms with Gasteiger partial charge in [0.15, 0.2) is 0 Å².